The number of hydrogen-bond acceptors (Lipinski definition) is 3. The van der Waals surface area contributed by atoms with Crippen LogP contribution in [0.5, 0.6) is 0 Å². The van der Waals surface area contributed by atoms with E-state index in [1.807, 2.05) is 27.7 Å². The number of alkyl carbamates (subject to hydrolysis) is 1. The highest BCUT2D eigenvalue weighted by atomic mass is 16.6. The summed E-state index contributed by atoms with van der Waals surface area (Å²) in [5.74, 6) is 0.471. The average molecular weight is 252 g/mol. The number of hydrogen-bond donors (Lipinski definition) is 1. The second-order valence-electron chi connectivity index (χ2n) is 6.20. The number of ether oxygens (including phenoxy) is 1. The number of nitrogens with one attached hydrogen (secondary N) is 1. The minimum atomic E-state index is -0.499. The summed E-state index contributed by atoms with van der Waals surface area (Å²) in [4.78, 5) is 11.7. The first-order valence-electron chi connectivity index (χ1n) is 6.71. The summed E-state index contributed by atoms with van der Waals surface area (Å²) in [7, 11) is 0. The lowest BCUT2D eigenvalue weighted by Crippen LogP contribution is -2.43. The van der Waals surface area contributed by atoms with Gasteiger partial charge in [-0.3, -0.25) is 0 Å². The average Bonchev–Trinajstić information content (AvgIpc) is 2.17. The third kappa shape index (κ3) is 4.95. The SMILES string of the molecule is CC(C#N)C(CC1CCC1)NC(=O)OC(C)(C)C. The van der Waals surface area contributed by atoms with Gasteiger partial charge in [0.2, 0.25) is 0 Å². The van der Waals surface area contributed by atoms with Gasteiger partial charge in [-0.2, -0.15) is 5.26 Å². The van der Waals surface area contributed by atoms with Gasteiger partial charge in [0.25, 0.3) is 0 Å². The van der Waals surface area contributed by atoms with Crippen molar-refractivity contribution in [1.29, 1.82) is 5.26 Å². The zero-order chi connectivity index (χ0) is 13.8. The highest BCUT2D eigenvalue weighted by molar-refractivity contribution is 5.68. The van der Waals surface area contributed by atoms with Gasteiger partial charge in [0, 0.05) is 6.04 Å². The Balaban J connectivity index is 2.49. The molecule has 0 aliphatic heterocycles. The number of nitriles is 1. The summed E-state index contributed by atoms with van der Waals surface area (Å²) in [5.41, 5.74) is -0.499. The number of nitrogens with zero attached hydrogens (tertiary/aromatic N) is 1. The maximum absolute atomic E-state index is 11.7. The van der Waals surface area contributed by atoms with Gasteiger partial charge in [0.1, 0.15) is 5.60 Å². The lowest BCUT2D eigenvalue weighted by atomic mass is 9.79. The zero-order valence-corrected chi connectivity index (χ0v) is 11.8. The lowest BCUT2D eigenvalue weighted by molar-refractivity contribution is 0.0480. The van der Waals surface area contributed by atoms with Crippen LogP contribution in [-0.4, -0.2) is 17.7 Å². The molecule has 0 heterocycles. The Morgan fingerprint density at radius 3 is 2.50 bits per heavy atom. The van der Waals surface area contributed by atoms with Gasteiger partial charge in [0.15, 0.2) is 0 Å². The molecule has 0 bridgehead atoms. The molecule has 4 nitrogen and oxygen atoms in total. The Morgan fingerprint density at radius 1 is 1.50 bits per heavy atom. The molecule has 18 heavy (non-hydrogen) atoms. The zero-order valence-electron chi connectivity index (χ0n) is 11.8. The van der Waals surface area contributed by atoms with E-state index < -0.39 is 11.7 Å². The van der Waals surface area contributed by atoms with Crippen LogP contribution in [0.4, 0.5) is 4.79 Å². The first kappa shape index (κ1) is 14.8. The third-order valence-electron chi connectivity index (χ3n) is 3.32. The van der Waals surface area contributed by atoms with Crippen molar-refractivity contribution in [2.45, 2.75) is 65.0 Å². The van der Waals surface area contributed by atoms with Crippen LogP contribution in [0.2, 0.25) is 0 Å². The van der Waals surface area contributed by atoms with E-state index in [2.05, 4.69) is 11.4 Å². The number of rotatable bonds is 4. The van der Waals surface area contributed by atoms with Crippen LogP contribution in [0.15, 0.2) is 0 Å². The first-order valence-corrected chi connectivity index (χ1v) is 6.71. The molecule has 102 valence electrons. The van der Waals surface area contributed by atoms with Crippen molar-refractivity contribution in [3.63, 3.8) is 0 Å². The first-order chi connectivity index (χ1) is 8.31. The predicted octanol–water partition coefficient (Wildman–Crippen LogP) is 3.23. The van der Waals surface area contributed by atoms with E-state index in [1.54, 1.807) is 0 Å². The van der Waals surface area contributed by atoms with E-state index in [9.17, 15) is 4.79 Å². The van der Waals surface area contributed by atoms with Gasteiger partial charge >= 0.3 is 6.09 Å². The van der Waals surface area contributed by atoms with Gasteiger partial charge in [-0.1, -0.05) is 19.3 Å². The molecule has 1 aliphatic rings. The van der Waals surface area contributed by atoms with Crippen LogP contribution >= 0.6 is 0 Å². The molecule has 1 saturated carbocycles. The molecule has 1 aliphatic carbocycles. The van der Waals surface area contributed by atoms with Crippen molar-refractivity contribution in [2.24, 2.45) is 11.8 Å². The van der Waals surface area contributed by atoms with Crippen molar-refractivity contribution in [1.82, 2.24) is 5.32 Å². The topological polar surface area (TPSA) is 62.1 Å². The summed E-state index contributed by atoms with van der Waals surface area (Å²) in [6, 6.07) is 2.11. The van der Waals surface area contributed by atoms with E-state index >= 15 is 0 Å². The molecular formula is C14H24N2O2. The molecule has 1 N–H and O–H groups in total. The van der Waals surface area contributed by atoms with E-state index in [1.165, 1.54) is 19.3 Å². The normalized spacial score (nSPS) is 19.3. The van der Waals surface area contributed by atoms with Crippen LogP contribution in [-0.2, 0) is 4.74 Å². The molecular weight excluding hydrogens is 228 g/mol. The van der Waals surface area contributed by atoms with Crippen molar-refractivity contribution >= 4 is 6.09 Å². The van der Waals surface area contributed by atoms with Crippen molar-refractivity contribution < 1.29 is 9.53 Å². The summed E-state index contributed by atoms with van der Waals surface area (Å²) in [6.45, 7) is 7.35. The van der Waals surface area contributed by atoms with Gasteiger partial charge in [-0.05, 0) is 40.0 Å². The van der Waals surface area contributed by atoms with Crippen molar-refractivity contribution in [2.75, 3.05) is 0 Å². The standard InChI is InChI=1S/C14H24N2O2/c1-10(9-15)12(8-11-6-5-7-11)16-13(17)18-14(2,3)4/h10-12H,5-8H2,1-4H3,(H,16,17). The number of amides is 1. The van der Waals surface area contributed by atoms with Gasteiger partial charge in [0.05, 0.1) is 12.0 Å². The van der Waals surface area contributed by atoms with Crippen LogP contribution < -0.4 is 5.32 Å². The highest BCUT2D eigenvalue weighted by Gasteiger charge is 2.28. The smallest absolute Gasteiger partial charge is 0.407 e. The van der Waals surface area contributed by atoms with Gasteiger partial charge in [-0.15, -0.1) is 0 Å². The molecule has 0 aromatic heterocycles. The van der Waals surface area contributed by atoms with E-state index in [-0.39, 0.29) is 12.0 Å². The van der Waals surface area contributed by atoms with Gasteiger partial charge in [-0.25, -0.2) is 4.79 Å². The Bertz CT molecular complexity index is 324. The number of carbonyl (C=O) groups is 1. The molecule has 0 spiro atoms. The largest absolute Gasteiger partial charge is 0.444 e. The van der Waals surface area contributed by atoms with Crippen molar-refractivity contribution in [3.8, 4) is 6.07 Å². The van der Waals surface area contributed by atoms with Gasteiger partial charge < -0.3 is 10.1 Å². The lowest BCUT2D eigenvalue weighted by Gasteiger charge is -2.31. The van der Waals surface area contributed by atoms with Crippen LogP contribution in [0.25, 0.3) is 0 Å². The minimum Gasteiger partial charge on any atom is -0.444 e. The summed E-state index contributed by atoms with van der Waals surface area (Å²) < 4.78 is 5.24. The number of carbonyl (C=O) groups excluding carboxylic acids is 1. The molecule has 2 unspecified atom stereocenters. The summed E-state index contributed by atoms with van der Waals surface area (Å²) in [5, 5.41) is 11.9. The Hall–Kier alpha value is -1.24. The minimum absolute atomic E-state index is 0.102. The molecule has 1 rings (SSSR count). The Kier molecular flexibility index (Phi) is 5.01. The molecule has 0 saturated heterocycles. The summed E-state index contributed by atoms with van der Waals surface area (Å²) >= 11 is 0. The highest BCUT2D eigenvalue weighted by Crippen LogP contribution is 2.31. The van der Waals surface area contributed by atoms with Crippen LogP contribution in [0.3, 0.4) is 0 Å². The second-order valence-corrected chi connectivity index (χ2v) is 6.20. The van der Waals surface area contributed by atoms with E-state index in [0.717, 1.165) is 6.42 Å². The fraction of sp³-hybridized carbons (Fsp3) is 0.857. The molecule has 0 radical (unpaired) electrons. The Morgan fingerprint density at radius 2 is 2.11 bits per heavy atom. The molecule has 0 aromatic carbocycles. The van der Waals surface area contributed by atoms with Crippen molar-refractivity contribution in [3.05, 3.63) is 0 Å². The van der Waals surface area contributed by atoms with Crippen LogP contribution in [0.1, 0.15) is 53.4 Å². The molecule has 1 amide bonds. The molecule has 2 atom stereocenters. The third-order valence-corrected chi connectivity index (χ3v) is 3.32. The second kappa shape index (κ2) is 6.08. The predicted molar refractivity (Wildman–Crippen MR) is 69.9 cm³/mol. The van der Waals surface area contributed by atoms with Crippen LogP contribution in [0, 0.1) is 23.2 Å². The molecule has 1 fully saturated rings. The fourth-order valence-corrected chi connectivity index (χ4v) is 2.02. The maximum atomic E-state index is 11.7. The molecule has 4 heteroatoms. The summed E-state index contributed by atoms with van der Waals surface area (Å²) in [6.07, 6.45) is 4.16. The molecule has 0 aromatic rings. The monoisotopic (exact) mass is 252 g/mol. The Labute approximate surface area is 110 Å². The van der Waals surface area contributed by atoms with E-state index in [4.69, 9.17) is 10.00 Å². The van der Waals surface area contributed by atoms with E-state index in [0.29, 0.717) is 5.92 Å². The maximum Gasteiger partial charge on any atom is 0.407 e. The quantitative estimate of drug-likeness (QED) is 0.835. The fourth-order valence-electron chi connectivity index (χ4n) is 2.02.